The molecule has 0 spiro atoms. The van der Waals surface area contributed by atoms with Gasteiger partial charge in [-0.15, -0.1) is 0 Å². The smallest absolute Gasteiger partial charge is 0.308 e. The van der Waals surface area contributed by atoms with Crippen LogP contribution in [0.2, 0.25) is 0 Å². The lowest BCUT2D eigenvalue weighted by Crippen LogP contribution is -2.36. The third-order valence-electron chi connectivity index (χ3n) is 2.32. The standard InChI is InChI=1S/C13H23NO4/c1-9(2)10(15)8-18-11(16)6-7-14-12(17)13(3,4)5/h9H,6-8H2,1-5H3,(H,14,17). The Bertz CT molecular complexity index is 315. The van der Waals surface area contributed by atoms with Gasteiger partial charge in [0.1, 0.15) is 6.61 Å². The van der Waals surface area contributed by atoms with Crippen molar-refractivity contribution in [1.29, 1.82) is 0 Å². The second kappa shape index (κ2) is 7.13. The maximum absolute atomic E-state index is 11.5. The van der Waals surface area contributed by atoms with Gasteiger partial charge in [-0.05, 0) is 0 Å². The molecule has 0 aliphatic rings. The van der Waals surface area contributed by atoms with E-state index in [0.717, 1.165) is 0 Å². The number of nitrogens with one attached hydrogen (secondary N) is 1. The molecule has 0 aromatic carbocycles. The van der Waals surface area contributed by atoms with E-state index in [1.165, 1.54) is 0 Å². The monoisotopic (exact) mass is 257 g/mol. The summed E-state index contributed by atoms with van der Waals surface area (Å²) in [5.41, 5.74) is -0.475. The van der Waals surface area contributed by atoms with Crippen LogP contribution in [0.1, 0.15) is 41.0 Å². The van der Waals surface area contributed by atoms with Crippen LogP contribution >= 0.6 is 0 Å². The zero-order valence-corrected chi connectivity index (χ0v) is 11.8. The molecule has 0 rings (SSSR count). The summed E-state index contributed by atoms with van der Waals surface area (Å²) in [5.74, 6) is -0.841. The predicted molar refractivity (Wildman–Crippen MR) is 67.9 cm³/mol. The second-order valence-corrected chi connectivity index (χ2v) is 5.54. The zero-order chi connectivity index (χ0) is 14.3. The fourth-order valence-corrected chi connectivity index (χ4v) is 0.934. The number of Topliss-reactive ketones (excluding diaryl/α,β-unsaturated/α-hetero) is 1. The van der Waals surface area contributed by atoms with Crippen molar-refractivity contribution in [3.63, 3.8) is 0 Å². The van der Waals surface area contributed by atoms with Gasteiger partial charge in [-0.2, -0.15) is 0 Å². The van der Waals surface area contributed by atoms with Gasteiger partial charge in [0.05, 0.1) is 6.42 Å². The summed E-state index contributed by atoms with van der Waals surface area (Å²) >= 11 is 0. The van der Waals surface area contributed by atoms with Crippen LogP contribution in [0.5, 0.6) is 0 Å². The first-order valence-electron chi connectivity index (χ1n) is 6.11. The Morgan fingerprint density at radius 2 is 1.72 bits per heavy atom. The molecule has 0 fully saturated rings. The zero-order valence-electron chi connectivity index (χ0n) is 11.8. The van der Waals surface area contributed by atoms with Crippen LogP contribution in [0.4, 0.5) is 0 Å². The van der Waals surface area contributed by atoms with Crippen molar-refractivity contribution in [1.82, 2.24) is 5.32 Å². The molecule has 104 valence electrons. The average Bonchev–Trinajstić information content (AvgIpc) is 2.24. The summed E-state index contributed by atoms with van der Waals surface area (Å²) in [6.45, 7) is 8.92. The van der Waals surface area contributed by atoms with E-state index in [0.29, 0.717) is 0 Å². The van der Waals surface area contributed by atoms with Gasteiger partial charge in [0.25, 0.3) is 0 Å². The molecular formula is C13H23NO4. The molecule has 0 aromatic rings. The van der Waals surface area contributed by atoms with Crippen molar-refractivity contribution in [2.75, 3.05) is 13.2 Å². The van der Waals surface area contributed by atoms with Crippen LogP contribution in [-0.4, -0.2) is 30.8 Å². The van der Waals surface area contributed by atoms with Gasteiger partial charge in [0.2, 0.25) is 5.91 Å². The van der Waals surface area contributed by atoms with Crippen LogP contribution in [-0.2, 0) is 19.1 Å². The molecule has 18 heavy (non-hydrogen) atoms. The Hall–Kier alpha value is -1.39. The van der Waals surface area contributed by atoms with Crippen LogP contribution in [0.15, 0.2) is 0 Å². The van der Waals surface area contributed by atoms with E-state index in [2.05, 4.69) is 5.32 Å². The number of carbonyl (C=O) groups excluding carboxylic acids is 3. The molecule has 0 saturated carbocycles. The summed E-state index contributed by atoms with van der Waals surface area (Å²) in [6.07, 6.45) is 0.0766. The molecule has 0 atom stereocenters. The number of carbonyl (C=O) groups is 3. The van der Waals surface area contributed by atoms with Crippen molar-refractivity contribution < 1.29 is 19.1 Å². The van der Waals surface area contributed by atoms with Gasteiger partial charge in [-0.1, -0.05) is 34.6 Å². The SMILES string of the molecule is CC(C)C(=O)COC(=O)CCNC(=O)C(C)(C)C. The van der Waals surface area contributed by atoms with Gasteiger partial charge >= 0.3 is 5.97 Å². The van der Waals surface area contributed by atoms with Crippen LogP contribution < -0.4 is 5.32 Å². The molecule has 5 nitrogen and oxygen atoms in total. The average molecular weight is 257 g/mol. The van der Waals surface area contributed by atoms with E-state index in [4.69, 9.17) is 4.74 Å². The maximum atomic E-state index is 11.5. The number of rotatable bonds is 6. The Morgan fingerprint density at radius 1 is 1.17 bits per heavy atom. The van der Waals surface area contributed by atoms with Crippen molar-refractivity contribution in [2.45, 2.75) is 41.0 Å². The van der Waals surface area contributed by atoms with Crippen LogP contribution in [0, 0.1) is 11.3 Å². The molecule has 1 N–H and O–H groups in total. The minimum atomic E-state index is -0.475. The summed E-state index contributed by atoms with van der Waals surface area (Å²) in [5, 5.41) is 2.64. The minimum Gasteiger partial charge on any atom is -0.458 e. The topological polar surface area (TPSA) is 72.5 Å². The lowest BCUT2D eigenvalue weighted by molar-refractivity contribution is -0.148. The van der Waals surface area contributed by atoms with Crippen molar-refractivity contribution in [3.05, 3.63) is 0 Å². The van der Waals surface area contributed by atoms with Gasteiger partial charge in [-0.25, -0.2) is 0 Å². The second-order valence-electron chi connectivity index (χ2n) is 5.54. The quantitative estimate of drug-likeness (QED) is 0.728. The summed E-state index contributed by atoms with van der Waals surface area (Å²) in [7, 11) is 0. The first-order chi connectivity index (χ1) is 8.14. The molecule has 0 radical (unpaired) electrons. The lowest BCUT2D eigenvalue weighted by atomic mass is 9.96. The highest BCUT2D eigenvalue weighted by atomic mass is 16.5. The first-order valence-corrected chi connectivity index (χ1v) is 6.11. The van der Waals surface area contributed by atoms with Gasteiger partial charge < -0.3 is 10.1 Å². The molecule has 0 aliphatic heterocycles. The van der Waals surface area contributed by atoms with Gasteiger partial charge in [-0.3, -0.25) is 14.4 Å². The van der Waals surface area contributed by atoms with E-state index in [1.807, 2.05) is 0 Å². The highest BCUT2D eigenvalue weighted by molar-refractivity contribution is 5.84. The van der Waals surface area contributed by atoms with E-state index in [9.17, 15) is 14.4 Å². The Morgan fingerprint density at radius 3 is 2.17 bits per heavy atom. The molecular weight excluding hydrogens is 234 g/mol. The molecule has 0 unspecified atom stereocenters. The number of amides is 1. The number of ether oxygens (including phenoxy) is 1. The highest BCUT2D eigenvalue weighted by Gasteiger charge is 2.20. The molecule has 0 aliphatic carbocycles. The number of esters is 1. The highest BCUT2D eigenvalue weighted by Crippen LogP contribution is 2.12. The fourth-order valence-electron chi connectivity index (χ4n) is 0.934. The van der Waals surface area contributed by atoms with E-state index in [1.54, 1.807) is 34.6 Å². The van der Waals surface area contributed by atoms with Crippen molar-refractivity contribution >= 4 is 17.7 Å². The molecule has 0 saturated heterocycles. The molecule has 0 aromatic heterocycles. The maximum Gasteiger partial charge on any atom is 0.308 e. The largest absolute Gasteiger partial charge is 0.458 e. The van der Waals surface area contributed by atoms with E-state index < -0.39 is 11.4 Å². The number of hydrogen-bond donors (Lipinski definition) is 1. The lowest BCUT2D eigenvalue weighted by Gasteiger charge is -2.17. The number of hydrogen-bond acceptors (Lipinski definition) is 4. The van der Waals surface area contributed by atoms with Crippen LogP contribution in [0.3, 0.4) is 0 Å². The minimum absolute atomic E-state index is 0.0766. The normalized spacial score (nSPS) is 11.2. The third-order valence-corrected chi connectivity index (χ3v) is 2.32. The number of ketones is 1. The molecule has 0 bridgehead atoms. The van der Waals surface area contributed by atoms with Crippen LogP contribution in [0.25, 0.3) is 0 Å². The van der Waals surface area contributed by atoms with Gasteiger partial charge in [0.15, 0.2) is 5.78 Å². The first kappa shape index (κ1) is 16.6. The van der Waals surface area contributed by atoms with Crippen molar-refractivity contribution in [2.24, 2.45) is 11.3 Å². The van der Waals surface area contributed by atoms with E-state index in [-0.39, 0.29) is 37.2 Å². The molecule has 0 heterocycles. The third kappa shape index (κ3) is 7.04. The van der Waals surface area contributed by atoms with Crippen molar-refractivity contribution in [3.8, 4) is 0 Å². The van der Waals surface area contributed by atoms with E-state index >= 15 is 0 Å². The summed E-state index contributed by atoms with van der Waals surface area (Å²) in [6, 6.07) is 0. The fraction of sp³-hybridized carbons (Fsp3) is 0.769. The Balaban J connectivity index is 3.79. The molecule has 1 amide bonds. The Labute approximate surface area is 108 Å². The predicted octanol–water partition coefficient (Wildman–Crippen LogP) is 1.31. The summed E-state index contributed by atoms with van der Waals surface area (Å²) in [4.78, 5) is 34.0. The molecule has 5 heteroatoms. The van der Waals surface area contributed by atoms with Gasteiger partial charge in [0, 0.05) is 17.9 Å². The summed E-state index contributed by atoms with van der Waals surface area (Å²) < 4.78 is 4.79. The Kier molecular flexibility index (Phi) is 6.58.